The number of nitrogens with one attached hydrogen (secondary N) is 2. The van der Waals surface area contributed by atoms with Crippen LogP contribution in [0.1, 0.15) is 19.4 Å². The van der Waals surface area contributed by atoms with Gasteiger partial charge in [-0.1, -0.05) is 6.07 Å². The molecule has 9 heteroatoms. The molecule has 0 aliphatic rings. The zero-order valence-electron chi connectivity index (χ0n) is 13.8. The van der Waals surface area contributed by atoms with Gasteiger partial charge in [-0.3, -0.25) is 0 Å². The maximum atomic E-state index is 13.9. The van der Waals surface area contributed by atoms with E-state index in [0.717, 1.165) is 0 Å². The second-order valence-corrected chi connectivity index (χ2v) is 4.79. The molecule has 1 aromatic carbocycles. The second-order valence-electron chi connectivity index (χ2n) is 4.79. The highest BCUT2D eigenvalue weighted by atomic mass is 127. The number of nitrogens with zero attached hydrogens (tertiary/aromatic N) is 1. The molecule has 0 spiro atoms. The zero-order chi connectivity index (χ0) is 17.2. The first kappa shape index (κ1) is 22.8. The van der Waals surface area contributed by atoms with Gasteiger partial charge in [0.15, 0.2) is 5.96 Å². The van der Waals surface area contributed by atoms with Crippen LogP contribution >= 0.6 is 24.0 Å². The molecule has 138 valence electrons. The Bertz CT molecular complexity index is 519. The molecule has 0 bridgehead atoms. The molecule has 1 unspecified atom stereocenters. The van der Waals surface area contributed by atoms with Gasteiger partial charge < -0.3 is 20.1 Å². The summed E-state index contributed by atoms with van der Waals surface area (Å²) in [7, 11) is 1.58. The summed E-state index contributed by atoms with van der Waals surface area (Å²) in [5.41, 5.74) is -0.0237. The fourth-order valence-corrected chi connectivity index (χ4v) is 1.90. The molecular weight excluding hydrogens is 438 g/mol. The molecule has 1 rings (SSSR count). The number of halogens is 4. The lowest BCUT2D eigenvalue weighted by molar-refractivity contribution is -0.0506. The van der Waals surface area contributed by atoms with Gasteiger partial charge in [-0.15, -0.1) is 24.0 Å². The van der Waals surface area contributed by atoms with E-state index < -0.39 is 12.4 Å². The second kappa shape index (κ2) is 12.2. The molecule has 0 radical (unpaired) electrons. The average Bonchev–Trinajstić information content (AvgIpc) is 2.46. The summed E-state index contributed by atoms with van der Waals surface area (Å²) in [6, 6.07) is 3.75. The van der Waals surface area contributed by atoms with Gasteiger partial charge in [0, 0.05) is 19.7 Å². The molecule has 0 heterocycles. The smallest absolute Gasteiger partial charge is 0.387 e. The molecule has 0 aliphatic carbocycles. The monoisotopic (exact) mass is 461 g/mol. The van der Waals surface area contributed by atoms with Crippen molar-refractivity contribution in [1.82, 2.24) is 10.6 Å². The minimum atomic E-state index is -3.02. The van der Waals surface area contributed by atoms with Gasteiger partial charge in [0.1, 0.15) is 11.6 Å². The van der Waals surface area contributed by atoms with Crippen LogP contribution in [-0.4, -0.2) is 38.9 Å². The van der Waals surface area contributed by atoms with Crippen molar-refractivity contribution in [3.8, 4) is 5.75 Å². The fourth-order valence-electron chi connectivity index (χ4n) is 1.90. The zero-order valence-corrected chi connectivity index (χ0v) is 16.1. The number of aliphatic imine (C=N–C) groups is 1. The first-order chi connectivity index (χ1) is 11.0. The maximum absolute atomic E-state index is 13.9. The molecule has 0 aromatic heterocycles. The Kier molecular flexibility index (Phi) is 11.6. The van der Waals surface area contributed by atoms with Crippen LogP contribution in [0.3, 0.4) is 0 Å². The molecule has 0 saturated heterocycles. The van der Waals surface area contributed by atoms with E-state index in [1.165, 1.54) is 18.2 Å². The Labute approximate surface area is 157 Å². The van der Waals surface area contributed by atoms with Crippen molar-refractivity contribution in [1.29, 1.82) is 0 Å². The van der Waals surface area contributed by atoms with Gasteiger partial charge in [0.05, 0.1) is 18.7 Å². The third-order valence-electron chi connectivity index (χ3n) is 2.83. The number of methoxy groups -OCH3 is 1. The first-order valence-electron chi connectivity index (χ1n) is 7.23. The van der Waals surface area contributed by atoms with E-state index in [1.807, 2.05) is 13.8 Å². The number of guanidine groups is 1. The molecule has 0 saturated carbocycles. The normalized spacial score (nSPS) is 12.5. The predicted octanol–water partition coefficient (Wildman–Crippen LogP) is 3.14. The summed E-state index contributed by atoms with van der Waals surface area (Å²) in [6.07, 6.45) is 0. The molecule has 24 heavy (non-hydrogen) atoms. The Morgan fingerprint density at radius 2 is 2.04 bits per heavy atom. The van der Waals surface area contributed by atoms with Gasteiger partial charge in [-0.25, -0.2) is 9.38 Å². The summed E-state index contributed by atoms with van der Waals surface area (Å²) in [5, 5.41) is 6.07. The number of ether oxygens (including phenoxy) is 2. The van der Waals surface area contributed by atoms with Crippen molar-refractivity contribution >= 4 is 29.9 Å². The van der Waals surface area contributed by atoms with Crippen LogP contribution in [0.15, 0.2) is 23.2 Å². The molecule has 0 aliphatic heterocycles. The highest BCUT2D eigenvalue weighted by Gasteiger charge is 2.14. The van der Waals surface area contributed by atoms with Gasteiger partial charge >= 0.3 is 6.61 Å². The lowest BCUT2D eigenvalue weighted by atomic mass is 10.2. The quantitative estimate of drug-likeness (QED) is 0.355. The van der Waals surface area contributed by atoms with Crippen LogP contribution in [0.25, 0.3) is 0 Å². The molecule has 1 aromatic rings. The minimum Gasteiger partial charge on any atom is -0.434 e. The van der Waals surface area contributed by atoms with Crippen molar-refractivity contribution < 1.29 is 22.6 Å². The van der Waals surface area contributed by atoms with E-state index in [1.54, 1.807) is 7.11 Å². The SMILES string of the molecule is CCNC(=NCc1c(F)cccc1OC(F)F)NC(C)COC.I. The lowest BCUT2D eigenvalue weighted by Crippen LogP contribution is -2.43. The largest absolute Gasteiger partial charge is 0.434 e. The molecule has 0 amide bonds. The Morgan fingerprint density at radius 1 is 1.33 bits per heavy atom. The number of hydrogen-bond donors (Lipinski definition) is 2. The van der Waals surface area contributed by atoms with Gasteiger partial charge in [0.2, 0.25) is 0 Å². The Hall–Kier alpha value is -1.23. The summed E-state index contributed by atoms with van der Waals surface area (Å²) in [6.45, 7) is 1.68. The molecule has 0 fully saturated rings. The molecule has 5 nitrogen and oxygen atoms in total. The maximum Gasteiger partial charge on any atom is 0.387 e. The van der Waals surface area contributed by atoms with Crippen molar-refractivity contribution in [2.45, 2.75) is 33.0 Å². The highest BCUT2D eigenvalue weighted by Crippen LogP contribution is 2.24. The average molecular weight is 461 g/mol. The third kappa shape index (κ3) is 8.04. The predicted molar refractivity (Wildman–Crippen MR) is 97.7 cm³/mol. The van der Waals surface area contributed by atoms with Crippen LogP contribution < -0.4 is 15.4 Å². The van der Waals surface area contributed by atoms with Crippen LogP contribution in [-0.2, 0) is 11.3 Å². The Balaban J connectivity index is 0.00000529. The highest BCUT2D eigenvalue weighted by molar-refractivity contribution is 14.0. The van der Waals surface area contributed by atoms with E-state index >= 15 is 0 Å². The first-order valence-corrected chi connectivity index (χ1v) is 7.23. The van der Waals surface area contributed by atoms with Crippen LogP contribution in [0.2, 0.25) is 0 Å². The van der Waals surface area contributed by atoms with Crippen molar-refractivity contribution in [3.05, 3.63) is 29.6 Å². The van der Waals surface area contributed by atoms with Crippen LogP contribution in [0.4, 0.5) is 13.2 Å². The molecule has 1 atom stereocenters. The molecular formula is C15H23F3IN3O2. The van der Waals surface area contributed by atoms with Crippen LogP contribution in [0, 0.1) is 5.82 Å². The van der Waals surface area contributed by atoms with E-state index in [4.69, 9.17) is 4.74 Å². The number of benzene rings is 1. The summed E-state index contributed by atoms with van der Waals surface area (Å²) in [5.74, 6) is -0.430. The van der Waals surface area contributed by atoms with E-state index in [-0.39, 0.29) is 47.9 Å². The topological polar surface area (TPSA) is 54.9 Å². The van der Waals surface area contributed by atoms with E-state index in [9.17, 15) is 13.2 Å². The minimum absolute atomic E-state index is 0. The summed E-state index contributed by atoms with van der Waals surface area (Å²) < 4.78 is 48.0. The van der Waals surface area contributed by atoms with Gasteiger partial charge in [-0.2, -0.15) is 8.78 Å². The van der Waals surface area contributed by atoms with Crippen molar-refractivity contribution in [2.75, 3.05) is 20.3 Å². The van der Waals surface area contributed by atoms with Crippen molar-refractivity contribution in [2.24, 2.45) is 4.99 Å². The summed E-state index contributed by atoms with van der Waals surface area (Å²) in [4.78, 5) is 4.21. The Morgan fingerprint density at radius 3 is 2.62 bits per heavy atom. The number of hydrogen-bond acceptors (Lipinski definition) is 3. The number of alkyl halides is 2. The lowest BCUT2D eigenvalue weighted by Gasteiger charge is -2.17. The van der Waals surface area contributed by atoms with Crippen molar-refractivity contribution in [3.63, 3.8) is 0 Å². The third-order valence-corrected chi connectivity index (χ3v) is 2.83. The van der Waals surface area contributed by atoms with Crippen LogP contribution in [0.5, 0.6) is 5.75 Å². The summed E-state index contributed by atoms with van der Waals surface area (Å²) >= 11 is 0. The van der Waals surface area contributed by atoms with Gasteiger partial charge in [-0.05, 0) is 26.0 Å². The fraction of sp³-hybridized carbons (Fsp3) is 0.533. The number of rotatable bonds is 8. The van der Waals surface area contributed by atoms with E-state index in [0.29, 0.717) is 19.1 Å². The van der Waals surface area contributed by atoms with E-state index in [2.05, 4.69) is 20.4 Å². The van der Waals surface area contributed by atoms with Gasteiger partial charge in [0.25, 0.3) is 0 Å². The standard InChI is InChI=1S/C15H22F3N3O2.HI/c1-4-19-15(21-10(2)9-22-3)20-8-11-12(16)6-5-7-13(11)23-14(17)18;/h5-7,10,14H,4,8-9H2,1-3H3,(H2,19,20,21);1H. The molecule has 2 N–H and O–H groups in total.